The van der Waals surface area contributed by atoms with Gasteiger partial charge in [0.2, 0.25) is 0 Å². The van der Waals surface area contributed by atoms with E-state index in [4.69, 9.17) is 16.3 Å². The van der Waals surface area contributed by atoms with E-state index in [0.717, 1.165) is 22.7 Å². The Hall–Kier alpha value is -1.81. The zero-order chi connectivity index (χ0) is 13.8. The van der Waals surface area contributed by atoms with Gasteiger partial charge in [0.1, 0.15) is 5.75 Å². The Labute approximate surface area is 117 Å². The van der Waals surface area contributed by atoms with Crippen molar-refractivity contribution in [1.29, 1.82) is 0 Å². The van der Waals surface area contributed by atoms with Crippen molar-refractivity contribution < 1.29 is 4.74 Å². The van der Waals surface area contributed by atoms with Crippen LogP contribution in [0.1, 0.15) is 17.0 Å². The molecule has 1 aromatic carbocycles. The molecule has 5 heteroatoms. The van der Waals surface area contributed by atoms with E-state index in [9.17, 15) is 0 Å². The minimum Gasteiger partial charge on any atom is -0.497 e. The number of aryl methyl sites for hydroxylation is 2. The topological polar surface area (TPSA) is 47.0 Å². The van der Waals surface area contributed by atoms with E-state index in [1.165, 1.54) is 0 Å². The average molecular weight is 278 g/mol. The van der Waals surface area contributed by atoms with Gasteiger partial charge in [-0.2, -0.15) is 0 Å². The zero-order valence-electron chi connectivity index (χ0n) is 11.2. The summed E-state index contributed by atoms with van der Waals surface area (Å²) in [6.07, 6.45) is 0. The molecule has 0 amide bonds. The lowest BCUT2D eigenvalue weighted by atomic mass is 10.2. The molecule has 0 radical (unpaired) electrons. The fourth-order valence-electron chi connectivity index (χ4n) is 1.62. The number of halogens is 1. The number of ether oxygens (including phenoxy) is 1. The van der Waals surface area contributed by atoms with Crippen LogP contribution in [0.2, 0.25) is 5.15 Å². The maximum absolute atomic E-state index is 6.06. The summed E-state index contributed by atoms with van der Waals surface area (Å²) in [6.45, 7) is 4.44. The first kappa shape index (κ1) is 13.6. The molecule has 0 bridgehead atoms. The van der Waals surface area contributed by atoms with Crippen LogP contribution in [0.5, 0.6) is 5.75 Å². The Morgan fingerprint density at radius 1 is 1.11 bits per heavy atom. The van der Waals surface area contributed by atoms with Gasteiger partial charge in [-0.15, -0.1) is 0 Å². The van der Waals surface area contributed by atoms with Gasteiger partial charge in [-0.25, -0.2) is 9.97 Å². The summed E-state index contributed by atoms with van der Waals surface area (Å²) in [6, 6.07) is 7.83. The molecule has 0 saturated heterocycles. The lowest BCUT2D eigenvalue weighted by molar-refractivity contribution is 0.414. The van der Waals surface area contributed by atoms with Crippen LogP contribution in [0, 0.1) is 13.8 Å². The van der Waals surface area contributed by atoms with Gasteiger partial charge in [0, 0.05) is 6.54 Å². The molecule has 1 heterocycles. The molecule has 0 aliphatic carbocycles. The highest BCUT2D eigenvalue weighted by atomic mass is 35.5. The molecule has 100 valence electrons. The number of hydrogen-bond acceptors (Lipinski definition) is 4. The van der Waals surface area contributed by atoms with E-state index in [1.807, 2.05) is 38.1 Å². The minimum absolute atomic E-state index is 0.400. The molecule has 0 unspecified atom stereocenters. The second kappa shape index (κ2) is 5.89. The third-order valence-corrected chi connectivity index (χ3v) is 3.15. The Morgan fingerprint density at radius 3 is 2.37 bits per heavy atom. The van der Waals surface area contributed by atoms with Crippen molar-refractivity contribution >= 4 is 17.4 Å². The molecule has 0 spiro atoms. The molecular weight excluding hydrogens is 262 g/mol. The Bertz CT molecular complexity index is 570. The molecule has 0 aliphatic heterocycles. The second-order valence-corrected chi connectivity index (χ2v) is 4.59. The summed E-state index contributed by atoms with van der Waals surface area (Å²) in [5.41, 5.74) is 2.85. The van der Waals surface area contributed by atoms with Crippen LogP contribution >= 0.6 is 11.6 Å². The van der Waals surface area contributed by atoms with E-state index < -0.39 is 0 Å². The van der Waals surface area contributed by atoms with Crippen LogP contribution in [-0.2, 0) is 6.54 Å². The third kappa shape index (κ3) is 3.35. The highest BCUT2D eigenvalue weighted by Crippen LogP contribution is 2.19. The van der Waals surface area contributed by atoms with Crippen molar-refractivity contribution in [2.24, 2.45) is 0 Å². The molecule has 0 saturated carbocycles. The predicted molar refractivity (Wildman–Crippen MR) is 76.8 cm³/mol. The lowest BCUT2D eigenvalue weighted by Crippen LogP contribution is -2.05. The predicted octanol–water partition coefficient (Wildman–Crippen LogP) is 3.37. The standard InChI is InChI=1S/C14H16ClN3O/c1-9-10(2)18-14(13(15)17-9)16-8-11-4-6-12(19-3)7-5-11/h4-7H,8H2,1-3H3,(H,16,18). The van der Waals surface area contributed by atoms with Crippen molar-refractivity contribution in [3.8, 4) is 5.75 Å². The molecule has 0 aliphatic rings. The van der Waals surface area contributed by atoms with Crippen molar-refractivity contribution in [2.45, 2.75) is 20.4 Å². The number of rotatable bonds is 4. The summed E-state index contributed by atoms with van der Waals surface area (Å²) in [7, 11) is 1.65. The van der Waals surface area contributed by atoms with Gasteiger partial charge in [-0.05, 0) is 31.5 Å². The van der Waals surface area contributed by atoms with Gasteiger partial charge in [0.25, 0.3) is 0 Å². The molecule has 0 fully saturated rings. The number of benzene rings is 1. The van der Waals surface area contributed by atoms with E-state index >= 15 is 0 Å². The fourth-order valence-corrected chi connectivity index (χ4v) is 1.85. The first-order valence-electron chi connectivity index (χ1n) is 5.97. The maximum atomic E-state index is 6.06. The fraction of sp³-hybridized carbons (Fsp3) is 0.286. The van der Waals surface area contributed by atoms with Crippen molar-refractivity contribution in [3.05, 3.63) is 46.4 Å². The van der Waals surface area contributed by atoms with Crippen LogP contribution in [0.15, 0.2) is 24.3 Å². The van der Waals surface area contributed by atoms with E-state index in [2.05, 4.69) is 15.3 Å². The van der Waals surface area contributed by atoms with Crippen LogP contribution in [0.3, 0.4) is 0 Å². The molecule has 2 aromatic rings. The van der Waals surface area contributed by atoms with E-state index in [-0.39, 0.29) is 0 Å². The van der Waals surface area contributed by atoms with Crippen molar-refractivity contribution in [1.82, 2.24) is 9.97 Å². The lowest BCUT2D eigenvalue weighted by Gasteiger charge is -2.09. The Morgan fingerprint density at radius 2 is 1.74 bits per heavy atom. The molecule has 0 atom stereocenters. The highest BCUT2D eigenvalue weighted by Gasteiger charge is 2.06. The second-order valence-electron chi connectivity index (χ2n) is 4.24. The monoisotopic (exact) mass is 277 g/mol. The van der Waals surface area contributed by atoms with Crippen LogP contribution in [0.25, 0.3) is 0 Å². The number of methoxy groups -OCH3 is 1. The normalized spacial score (nSPS) is 10.3. The summed E-state index contributed by atoms with van der Waals surface area (Å²) in [4.78, 5) is 8.62. The van der Waals surface area contributed by atoms with Crippen LogP contribution < -0.4 is 10.1 Å². The van der Waals surface area contributed by atoms with Crippen molar-refractivity contribution in [3.63, 3.8) is 0 Å². The zero-order valence-corrected chi connectivity index (χ0v) is 12.0. The average Bonchev–Trinajstić information content (AvgIpc) is 2.42. The van der Waals surface area contributed by atoms with Gasteiger partial charge >= 0.3 is 0 Å². The maximum Gasteiger partial charge on any atom is 0.171 e. The quantitative estimate of drug-likeness (QED) is 0.931. The van der Waals surface area contributed by atoms with Crippen molar-refractivity contribution in [2.75, 3.05) is 12.4 Å². The number of nitrogens with one attached hydrogen (secondary N) is 1. The first-order chi connectivity index (χ1) is 9.10. The van der Waals surface area contributed by atoms with Gasteiger partial charge < -0.3 is 10.1 Å². The molecular formula is C14H16ClN3O. The number of nitrogens with zero attached hydrogens (tertiary/aromatic N) is 2. The summed E-state index contributed by atoms with van der Waals surface area (Å²) in [5, 5.41) is 3.59. The Kier molecular flexibility index (Phi) is 4.22. The van der Waals surface area contributed by atoms with Gasteiger partial charge in [-0.1, -0.05) is 23.7 Å². The van der Waals surface area contributed by atoms with Crippen LogP contribution in [-0.4, -0.2) is 17.1 Å². The van der Waals surface area contributed by atoms with E-state index in [0.29, 0.717) is 17.5 Å². The summed E-state index contributed by atoms with van der Waals surface area (Å²) < 4.78 is 5.12. The number of hydrogen-bond donors (Lipinski definition) is 1. The largest absolute Gasteiger partial charge is 0.497 e. The third-order valence-electron chi connectivity index (χ3n) is 2.88. The molecule has 4 nitrogen and oxygen atoms in total. The number of anilines is 1. The smallest absolute Gasteiger partial charge is 0.171 e. The molecule has 2 rings (SSSR count). The van der Waals surface area contributed by atoms with Gasteiger partial charge in [0.05, 0.1) is 18.5 Å². The van der Waals surface area contributed by atoms with Gasteiger partial charge in [-0.3, -0.25) is 0 Å². The van der Waals surface area contributed by atoms with Gasteiger partial charge in [0.15, 0.2) is 11.0 Å². The SMILES string of the molecule is COc1ccc(CNc2nc(C)c(C)nc2Cl)cc1. The molecule has 19 heavy (non-hydrogen) atoms. The van der Waals surface area contributed by atoms with E-state index in [1.54, 1.807) is 7.11 Å². The highest BCUT2D eigenvalue weighted by molar-refractivity contribution is 6.31. The molecule has 1 aromatic heterocycles. The Balaban J connectivity index is 2.07. The molecule has 1 N–H and O–H groups in total. The minimum atomic E-state index is 0.400. The summed E-state index contributed by atoms with van der Waals surface area (Å²) in [5.74, 6) is 1.45. The summed E-state index contributed by atoms with van der Waals surface area (Å²) >= 11 is 6.06. The first-order valence-corrected chi connectivity index (χ1v) is 6.35. The number of aromatic nitrogens is 2. The van der Waals surface area contributed by atoms with Crippen LogP contribution in [0.4, 0.5) is 5.82 Å².